The molecule has 2 rings (SSSR count). The molecule has 2 heterocycles. The molecule has 0 unspecified atom stereocenters. The number of nitrogens with two attached hydrogens (primary N) is 1. The second-order valence-corrected chi connectivity index (χ2v) is 3.23. The van der Waals surface area contributed by atoms with Crippen LogP contribution in [0.1, 0.15) is 5.56 Å². The van der Waals surface area contributed by atoms with Gasteiger partial charge in [-0.1, -0.05) is 0 Å². The van der Waals surface area contributed by atoms with Gasteiger partial charge in [0.1, 0.15) is 6.07 Å². The molecular weight excluding hydrogens is 218 g/mol. The Labute approximate surface area is 97.7 Å². The van der Waals surface area contributed by atoms with Gasteiger partial charge in [0.2, 0.25) is 11.8 Å². The molecule has 6 nitrogen and oxygen atoms in total. The highest BCUT2D eigenvalue weighted by Gasteiger charge is 2.06. The van der Waals surface area contributed by atoms with Crippen molar-refractivity contribution in [2.24, 2.45) is 0 Å². The number of ether oxygens (including phenoxy) is 1. The minimum atomic E-state index is 0.113. The second-order valence-electron chi connectivity index (χ2n) is 3.23. The molecule has 0 spiro atoms. The number of nitrogen functional groups attached to an aromatic ring is 1. The van der Waals surface area contributed by atoms with Gasteiger partial charge in [-0.3, -0.25) is 4.98 Å². The number of nitriles is 1. The summed E-state index contributed by atoms with van der Waals surface area (Å²) in [6.07, 6.45) is 3.08. The maximum Gasteiger partial charge on any atom is 0.223 e. The molecule has 0 aliphatic rings. The molecule has 0 bridgehead atoms. The van der Waals surface area contributed by atoms with Gasteiger partial charge in [0.15, 0.2) is 0 Å². The third-order valence-corrected chi connectivity index (χ3v) is 2.09. The third kappa shape index (κ3) is 2.29. The lowest BCUT2D eigenvalue weighted by Gasteiger charge is -2.04. The zero-order valence-corrected chi connectivity index (χ0v) is 9.08. The van der Waals surface area contributed by atoms with E-state index in [0.29, 0.717) is 22.7 Å². The Balaban J connectivity index is 2.52. The van der Waals surface area contributed by atoms with E-state index in [2.05, 4.69) is 15.0 Å². The molecule has 2 N–H and O–H groups in total. The van der Waals surface area contributed by atoms with Gasteiger partial charge in [-0.2, -0.15) is 10.2 Å². The standard InChI is InChI=1S/C11H9N5O/c1-17-10-3-9(15-11(13)16-10)8-2-7(4-12)5-14-6-8/h2-3,5-6H,1H3,(H2,13,15,16). The molecule has 0 aliphatic heterocycles. The summed E-state index contributed by atoms with van der Waals surface area (Å²) in [5, 5.41) is 8.79. The molecule has 2 aromatic heterocycles. The lowest BCUT2D eigenvalue weighted by molar-refractivity contribution is 0.398. The summed E-state index contributed by atoms with van der Waals surface area (Å²) in [5.74, 6) is 0.483. The first-order chi connectivity index (χ1) is 8.22. The number of nitrogens with zero attached hydrogens (tertiary/aromatic N) is 4. The van der Waals surface area contributed by atoms with Gasteiger partial charge in [-0.05, 0) is 6.07 Å². The minimum Gasteiger partial charge on any atom is -0.481 e. The number of aromatic nitrogens is 3. The monoisotopic (exact) mass is 227 g/mol. The molecule has 0 saturated carbocycles. The molecule has 0 amide bonds. The molecule has 0 saturated heterocycles. The van der Waals surface area contributed by atoms with Crippen LogP contribution in [0.15, 0.2) is 24.5 Å². The fourth-order valence-electron chi connectivity index (χ4n) is 1.34. The molecule has 0 atom stereocenters. The van der Waals surface area contributed by atoms with Crippen LogP contribution in [0.4, 0.5) is 5.95 Å². The van der Waals surface area contributed by atoms with Crippen LogP contribution in [-0.2, 0) is 0 Å². The Bertz CT molecular complexity index is 591. The zero-order valence-electron chi connectivity index (χ0n) is 9.08. The topological polar surface area (TPSA) is 97.7 Å². The highest BCUT2D eigenvalue weighted by molar-refractivity contribution is 5.61. The average Bonchev–Trinajstić information content (AvgIpc) is 2.38. The SMILES string of the molecule is COc1cc(-c2cncc(C#N)c2)nc(N)n1. The maximum absolute atomic E-state index is 8.79. The largest absolute Gasteiger partial charge is 0.481 e. The Morgan fingerprint density at radius 3 is 2.82 bits per heavy atom. The van der Waals surface area contributed by atoms with E-state index in [9.17, 15) is 0 Å². The maximum atomic E-state index is 8.79. The number of methoxy groups -OCH3 is 1. The fourth-order valence-corrected chi connectivity index (χ4v) is 1.34. The summed E-state index contributed by atoms with van der Waals surface area (Å²) in [6.45, 7) is 0. The van der Waals surface area contributed by atoms with E-state index in [1.165, 1.54) is 13.3 Å². The molecule has 17 heavy (non-hydrogen) atoms. The van der Waals surface area contributed by atoms with Crippen molar-refractivity contribution in [3.05, 3.63) is 30.1 Å². The van der Waals surface area contributed by atoms with Gasteiger partial charge in [0.25, 0.3) is 0 Å². The summed E-state index contributed by atoms with van der Waals surface area (Å²) < 4.78 is 5.00. The number of pyridine rings is 1. The molecule has 84 valence electrons. The molecule has 0 aromatic carbocycles. The van der Waals surface area contributed by atoms with E-state index >= 15 is 0 Å². The normalized spacial score (nSPS) is 9.65. The predicted octanol–water partition coefficient (Wildman–Crippen LogP) is 1.00. The van der Waals surface area contributed by atoms with Crippen molar-refractivity contribution in [1.82, 2.24) is 15.0 Å². The van der Waals surface area contributed by atoms with Gasteiger partial charge in [-0.15, -0.1) is 0 Å². The minimum absolute atomic E-state index is 0.113. The zero-order chi connectivity index (χ0) is 12.3. The van der Waals surface area contributed by atoms with Crippen molar-refractivity contribution in [3.63, 3.8) is 0 Å². The lowest BCUT2D eigenvalue weighted by Crippen LogP contribution is -1.99. The summed E-state index contributed by atoms with van der Waals surface area (Å²) in [4.78, 5) is 11.9. The van der Waals surface area contributed by atoms with Crippen LogP contribution in [0.5, 0.6) is 5.88 Å². The van der Waals surface area contributed by atoms with Crippen LogP contribution in [0.3, 0.4) is 0 Å². The van der Waals surface area contributed by atoms with Crippen LogP contribution in [0.2, 0.25) is 0 Å². The van der Waals surface area contributed by atoms with Crippen LogP contribution in [-0.4, -0.2) is 22.1 Å². The first kappa shape index (κ1) is 10.8. The van der Waals surface area contributed by atoms with Gasteiger partial charge in [-0.25, -0.2) is 4.98 Å². The molecule has 2 aromatic rings. The van der Waals surface area contributed by atoms with Crippen molar-refractivity contribution < 1.29 is 4.74 Å². The molecule has 6 heteroatoms. The van der Waals surface area contributed by atoms with Crippen molar-refractivity contribution in [3.8, 4) is 23.2 Å². The lowest BCUT2D eigenvalue weighted by atomic mass is 10.1. The highest BCUT2D eigenvalue weighted by Crippen LogP contribution is 2.21. The molecule has 0 radical (unpaired) electrons. The van der Waals surface area contributed by atoms with Crippen molar-refractivity contribution in [2.45, 2.75) is 0 Å². The van der Waals surface area contributed by atoms with Crippen LogP contribution >= 0.6 is 0 Å². The van der Waals surface area contributed by atoms with E-state index in [0.717, 1.165) is 0 Å². The van der Waals surface area contributed by atoms with Gasteiger partial charge >= 0.3 is 0 Å². The predicted molar refractivity (Wildman–Crippen MR) is 60.9 cm³/mol. The average molecular weight is 227 g/mol. The van der Waals surface area contributed by atoms with E-state index in [1.807, 2.05) is 6.07 Å². The third-order valence-electron chi connectivity index (χ3n) is 2.09. The number of rotatable bonds is 2. The Kier molecular flexibility index (Phi) is 2.83. The van der Waals surface area contributed by atoms with E-state index < -0.39 is 0 Å². The quantitative estimate of drug-likeness (QED) is 0.821. The van der Waals surface area contributed by atoms with Gasteiger partial charge in [0, 0.05) is 24.0 Å². The van der Waals surface area contributed by atoms with Crippen molar-refractivity contribution >= 4 is 5.95 Å². The summed E-state index contributed by atoms with van der Waals surface area (Å²) in [7, 11) is 1.50. The molecular formula is C11H9N5O. The van der Waals surface area contributed by atoms with E-state index in [4.69, 9.17) is 15.7 Å². The van der Waals surface area contributed by atoms with E-state index in [-0.39, 0.29) is 5.95 Å². The van der Waals surface area contributed by atoms with Crippen LogP contribution < -0.4 is 10.5 Å². The molecule has 0 aliphatic carbocycles. The summed E-state index contributed by atoms with van der Waals surface area (Å²) in [5.41, 5.74) is 7.27. The Hall–Kier alpha value is -2.68. The molecule has 0 fully saturated rings. The smallest absolute Gasteiger partial charge is 0.223 e. The summed E-state index contributed by atoms with van der Waals surface area (Å²) >= 11 is 0. The number of hydrogen-bond donors (Lipinski definition) is 1. The number of hydrogen-bond acceptors (Lipinski definition) is 6. The van der Waals surface area contributed by atoms with Crippen molar-refractivity contribution in [2.75, 3.05) is 12.8 Å². The van der Waals surface area contributed by atoms with Crippen molar-refractivity contribution in [1.29, 1.82) is 5.26 Å². The Morgan fingerprint density at radius 1 is 1.29 bits per heavy atom. The van der Waals surface area contributed by atoms with Gasteiger partial charge in [0.05, 0.1) is 18.4 Å². The first-order valence-corrected chi connectivity index (χ1v) is 4.77. The fraction of sp³-hybridized carbons (Fsp3) is 0.0909. The van der Waals surface area contributed by atoms with Gasteiger partial charge < -0.3 is 10.5 Å². The highest BCUT2D eigenvalue weighted by atomic mass is 16.5. The van der Waals surface area contributed by atoms with Crippen LogP contribution in [0, 0.1) is 11.3 Å². The summed E-state index contributed by atoms with van der Waals surface area (Å²) in [6, 6.07) is 5.32. The van der Waals surface area contributed by atoms with Crippen LogP contribution in [0.25, 0.3) is 11.3 Å². The Morgan fingerprint density at radius 2 is 2.12 bits per heavy atom. The first-order valence-electron chi connectivity index (χ1n) is 4.77. The second kappa shape index (κ2) is 4.45. The van der Waals surface area contributed by atoms with E-state index in [1.54, 1.807) is 18.3 Å². The number of anilines is 1.